The zero-order valence-electron chi connectivity index (χ0n) is 19.3. The van der Waals surface area contributed by atoms with Crippen molar-refractivity contribution in [1.82, 2.24) is 9.88 Å². The van der Waals surface area contributed by atoms with Gasteiger partial charge in [-0.1, -0.05) is 13.8 Å². The molecule has 0 spiro atoms. The smallest absolute Gasteiger partial charge is 0.357 e. The molecule has 0 fully saturated rings. The maximum atomic E-state index is 12.7. The van der Waals surface area contributed by atoms with E-state index in [0.29, 0.717) is 16.6 Å². The Kier molecular flexibility index (Phi) is 7.70. The van der Waals surface area contributed by atoms with E-state index >= 15 is 0 Å². The molecule has 3 rings (SSSR count). The normalized spacial score (nSPS) is 12.9. The third-order valence-corrected chi connectivity index (χ3v) is 6.40. The Hall–Kier alpha value is -3.40. The number of ether oxygens (including phenoxy) is 3. The number of fused-ring (bicyclic) bond motifs is 1. The molecule has 0 aliphatic carbocycles. The van der Waals surface area contributed by atoms with Crippen molar-refractivity contribution in [3.05, 3.63) is 40.0 Å². The van der Waals surface area contributed by atoms with Crippen molar-refractivity contribution in [2.75, 3.05) is 33.2 Å². The van der Waals surface area contributed by atoms with E-state index < -0.39 is 5.97 Å². The van der Waals surface area contributed by atoms with Gasteiger partial charge in [-0.15, -0.1) is 11.3 Å². The minimum atomic E-state index is -0.538. The SMILES string of the molecule is COC(=O)c1nc(NC(=O)CCN2C=Cc3cc(OC)c(OC)cc3CC2=O)sc1C(C)C. The largest absolute Gasteiger partial charge is 0.493 e. The topological polar surface area (TPSA) is 107 Å². The first-order chi connectivity index (χ1) is 15.8. The molecule has 1 N–H and O–H groups in total. The van der Waals surface area contributed by atoms with Crippen molar-refractivity contribution in [2.24, 2.45) is 0 Å². The van der Waals surface area contributed by atoms with Crippen LogP contribution >= 0.6 is 11.3 Å². The second-order valence-corrected chi connectivity index (χ2v) is 8.69. The minimum Gasteiger partial charge on any atom is -0.493 e. The fraction of sp³-hybridized carbons (Fsp3) is 0.391. The number of methoxy groups -OCH3 is 3. The van der Waals surface area contributed by atoms with Crippen molar-refractivity contribution >= 4 is 40.3 Å². The molecule has 0 unspecified atom stereocenters. The van der Waals surface area contributed by atoms with E-state index in [0.717, 1.165) is 16.0 Å². The second-order valence-electron chi connectivity index (χ2n) is 7.66. The molecule has 0 bridgehead atoms. The molecule has 176 valence electrons. The first kappa shape index (κ1) is 24.2. The third-order valence-electron chi connectivity index (χ3n) is 5.12. The fourth-order valence-electron chi connectivity index (χ4n) is 3.39. The molecule has 1 aromatic carbocycles. The number of rotatable bonds is 8. The fourth-order valence-corrected chi connectivity index (χ4v) is 4.36. The van der Waals surface area contributed by atoms with Crippen molar-refractivity contribution in [3.63, 3.8) is 0 Å². The Labute approximate surface area is 196 Å². The lowest BCUT2D eigenvalue weighted by Gasteiger charge is -2.16. The number of hydrogen-bond donors (Lipinski definition) is 1. The van der Waals surface area contributed by atoms with Crippen LogP contribution in [-0.4, -0.2) is 55.5 Å². The Morgan fingerprint density at radius 3 is 2.52 bits per heavy atom. The van der Waals surface area contributed by atoms with Crippen LogP contribution in [0.2, 0.25) is 0 Å². The van der Waals surface area contributed by atoms with Crippen LogP contribution in [0, 0.1) is 0 Å². The van der Waals surface area contributed by atoms with Crippen LogP contribution in [0.5, 0.6) is 11.5 Å². The summed E-state index contributed by atoms with van der Waals surface area (Å²) in [4.78, 5) is 43.7. The number of carbonyl (C=O) groups excluding carboxylic acids is 3. The molecule has 0 saturated carbocycles. The van der Waals surface area contributed by atoms with Gasteiger partial charge < -0.3 is 24.4 Å². The zero-order chi connectivity index (χ0) is 24.1. The number of amides is 2. The van der Waals surface area contributed by atoms with Crippen LogP contribution in [0.25, 0.3) is 6.08 Å². The van der Waals surface area contributed by atoms with Crippen LogP contribution in [0.3, 0.4) is 0 Å². The molecule has 0 saturated heterocycles. The standard InChI is InChI=1S/C23H27N3O6S/c1-13(2)21-20(22(29)32-5)25-23(33-21)24-18(27)7-9-26-8-6-14-10-16(30-3)17(31-4)11-15(14)12-19(26)28/h6,8,10-11,13H,7,9,12H2,1-5H3,(H,24,25,27). The highest BCUT2D eigenvalue weighted by Crippen LogP contribution is 2.33. The number of nitrogens with zero attached hydrogens (tertiary/aromatic N) is 2. The zero-order valence-corrected chi connectivity index (χ0v) is 20.1. The molecule has 33 heavy (non-hydrogen) atoms. The van der Waals surface area contributed by atoms with Gasteiger partial charge in [-0.2, -0.15) is 0 Å². The minimum absolute atomic E-state index is 0.0565. The average molecular weight is 474 g/mol. The Balaban J connectivity index is 1.66. The molecule has 2 aromatic rings. The van der Waals surface area contributed by atoms with Gasteiger partial charge in [0.15, 0.2) is 22.3 Å². The summed E-state index contributed by atoms with van der Waals surface area (Å²) in [7, 11) is 4.39. The van der Waals surface area contributed by atoms with Crippen LogP contribution in [-0.2, 0) is 20.7 Å². The maximum Gasteiger partial charge on any atom is 0.357 e. The molecule has 2 amide bonds. The van der Waals surface area contributed by atoms with Crippen molar-refractivity contribution < 1.29 is 28.6 Å². The van der Waals surface area contributed by atoms with Crippen LogP contribution < -0.4 is 14.8 Å². The molecule has 1 aliphatic heterocycles. The predicted molar refractivity (Wildman–Crippen MR) is 125 cm³/mol. The lowest BCUT2D eigenvalue weighted by Crippen LogP contribution is -2.29. The lowest BCUT2D eigenvalue weighted by atomic mass is 10.0. The van der Waals surface area contributed by atoms with E-state index in [1.54, 1.807) is 26.5 Å². The highest BCUT2D eigenvalue weighted by Gasteiger charge is 2.23. The first-order valence-corrected chi connectivity index (χ1v) is 11.2. The second kappa shape index (κ2) is 10.5. The highest BCUT2D eigenvalue weighted by molar-refractivity contribution is 7.16. The lowest BCUT2D eigenvalue weighted by molar-refractivity contribution is -0.128. The van der Waals surface area contributed by atoms with Gasteiger partial charge in [-0.3, -0.25) is 9.59 Å². The van der Waals surface area contributed by atoms with Crippen molar-refractivity contribution in [3.8, 4) is 11.5 Å². The number of hydrogen-bond acceptors (Lipinski definition) is 8. The number of benzene rings is 1. The summed E-state index contributed by atoms with van der Waals surface area (Å²) in [5.74, 6) is 0.221. The van der Waals surface area contributed by atoms with Gasteiger partial charge in [-0.05, 0) is 35.3 Å². The monoisotopic (exact) mass is 473 g/mol. The highest BCUT2D eigenvalue weighted by atomic mass is 32.1. The number of thiazole rings is 1. The van der Waals surface area contributed by atoms with E-state index in [9.17, 15) is 14.4 Å². The molecule has 10 heteroatoms. The van der Waals surface area contributed by atoms with Gasteiger partial charge in [0.25, 0.3) is 0 Å². The molecular formula is C23H27N3O6S. The maximum absolute atomic E-state index is 12.7. The van der Waals surface area contributed by atoms with E-state index in [2.05, 4.69) is 10.3 Å². The quantitative estimate of drug-likeness (QED) is 0.585. The molecule has 1 aliphatic rings. The van der Waals surface area contributed by atoms with E-state index in [-0.39, 0.29) is 42.8 Å². The van der Waals surface area contributed by atoms with Crippen LogP contribution in [0.1, 0.15) is 52.7 Å². The Morgan fingerprint density at radius 2 is 1.88 bits per heavy atom. The van der Waals surface area contributed by atoms with Gasteiger partial charge >= 0.3 is 5.97 Å². The van der Waals surface area contributed by atoms with Gasteiger partial charge in [-0.25, -0.2) is 9.78 Å². The Morgan fingerprint density at radius 1 is 1.18 bits per heavy atom. The van der Waals surface area contributed by atoms with Gasteiger partial charge in [0.2, 0.25) is 11.8 Å². The third kappa shape index (κ3) is 5.51. The summed E-state index contributed by atoms with van der Waals surface area (Å²) in [5, 5.41) is 3.05. The van der Waals surface area contributed by atoms with Crippen LogP contribution in [0.15, 0.2) is 18.3 Å². The molecule has 0 atom stereocenters. The molecular weight excluding hydrogens is 446 g/mol. The molecule has 2 heterocycles. The summed E-state index contributed by atoms with van der Waals surface area (Å²) in [6.07, 6.45) is 3.74. The van der Waals surface area contributed by atoms with E-state index in [1.165, 1.54) is 23.3 Å². The number of carbonyl (C=O) groups is 3. The molecule has 9 nitrogen and oxygen atoms in total. The number of nitrogens with one attached hydrogen (secondary N) is 1. The average Bonchev–Trinajstić information content (AvgIpc) is 3.15. The van der Waals surface area contributed by atoms with E-state index in [4.69, 9.17) is 14.2 Å². The molecule has 1 aromatic heterocycles. The molecule has 0 radical (unpaired) electrons. The summed E-state index contributed by atoms with van der Waals surface area (Å²) in [6, 6.07) is 3.61. The van der Waals surface area contributed by atoms with Gasteiger partial charge in [0, 0.05) is 24.0 Å². The number of esters is 1. The number of aromatic nitrogens is 1. The predicted octanol–water partition coefficient (Wildman–Crippen LogP) is 3.45. The summed E-state index contributed by atoms with van der Waals surface area (Å²) >= 11 is 1.24. The summed E-state index contributed by atoms with van der Waals surface area (Å²) < 4.78 is 15.4. The Bertz CT molecular complexity index is 1090. The van der Waals surface area contributed by atoms with Crippen molar-refractivity contribution in [1.29, 1.82) is 0 Å². The van der Waals surface area contributed by atoms with E-state index in [1.807, 2.05) is 26.0 Å². The summed E-state index contributed by atoms with van der Waals surface area (Å²) in [5.41, 5.74) is 1.88. The first-order valence-electron chi connectivity index (χ1n) is 10.4. The number of anilines is 1. The van der Waals surface area contributed by atoms with Crippen LogP contribution in [0.4, 0.5) is 5.13 Å². The van der Waals surface area contributed by atoms with Crippen molar-refractivity contribution in [2.45, 2.75) is 32.6 Å². The summed E-state index contributed by atoms with van der Waals surface area (Å²) in [6.45, 7) is 4.08. The van der Waals surface area contributed by atoms with Gasteiger partial charge in [0.05, 0.1) is 27.8 Å². The van der Waals surface area contributed by atoms with Gasteiger partial charge in [0.1, 0.15) is 0 Å².